The molecule has 8 heteroatoms. The van der Waals surface area contributed by atoms with E-state index in [1.807, 2.05) is 53.8 Å². The van der Waals surface area contributed by atoms with Crippen LogP contribution in [0.3, 0.4) is 0 Å². The third kappa shape index (κ3) is 4.31. The van der Waals surface area contributed by atoms with E-state index in [2.05, 4.69) is 22.2 Å². The summed E-state index contributed by atoms with van der Waals surface area (Å²) in [5, 5.41) is 13.3. The first-order valence-electron chi connectivity index (χ1n) is 11.7. The number of carbonyl (C=O) groups excluding carboxylic acids is 1. The van der Waals surface area contributed by atoms with Gasteiger partial charge in [0.25, 0.3) is 0 Å². The summed E-state index contributed by atoms with van der Waals surface area (Å²) >= 11 is 0. The lowest BCUT2D eigenvalue weighted by molar-refractivity contribution is -0.131. The molecule has 8 nitrogen and oxygen atoms in total. The van der Waals surface area contributed by atoms with Gasteiger partial charge in [0.15, 0.2) is 0 Å². The number of nitrogens with zero attached hydrogens (tertiary/aromatic N) is 5. The van der Waals surface area contributed by atoms with Gasteiger partial charge in [-0.15, -0.1) is 10.2 Å². The minimum atomic E-state index is -0.0802. The summed E-state index contributed by atoms with van der Waals surface area (Å²) in [5.74, 6) is 1.32. The van der Waals surface area contributed by atoms with E-state index in [-0.39, 0.29) is 17.2 Å². The summed E-state index contributed by atoms with van der Waals surface area (Å²) in [6, 6.07) is 10.1. The first kappa shape index (κ1) is 21.8. The molecular formula is C25H31N5O3. The van der Waals surface area contributed by atoms with Crippen LogP contribution in [0.15, 0.2) is 34.7 Å². The second-order valence-electron chi connectivity index (χ2n) is 9.51. The Balaban J connectivity index is 1.34. The number of ether oxygens (including phenoxy) is 1. The fraction of sp³-hybridized carbons (Fsp3) is 0.520. The quantitative estimate of drug-likeness (QED) is 0.591. The number of aryl methyl sites for hydroxylation is 4. The van der Waals surface area contributed by atoms with Crippen LogP contribution in [-0.4, -0.2) is 57.1 Å². The van der Waals surface area contributed by atoms with Crippen LogP contribution in [0.5, 0.6) is 0 Å². The Morgan fingerprint density at radius 2 is 1.88 bits per heavy atom. The Bertz CT molecular complexity index is 1130. The first-order chi connectivity index (χ1) is 15.9. The van der Waals surface area contributed by atoms with Crippen molar-refractivity contribution < 1.29 is 13.9 Å². The number of amides is 1. The molecule has 2 saturated heterocycles. The molecule has 4 heterocycles. The van der Waals surface area contributed by atoms with E-state index in [0.29, 0.717) is 51.1 Å². The van der Waals surface area contributed by atoms with Crippen LogP contribution < -0.4 is 0 Å². The normalized spacial score (nSPS) is 20.0. The maximum atomic E-state index is 13.2. The highest BCUT2D eigenvalue weighted by Crippen LogP contribution is 2.49. The van der Waals surface area contributed by atoms with Crippen molar-refractivity contribution in [2.75, 3.05) is 26.3 Å². The first-order valence-corrected chi connectivity index (χ1v) is 11.7. The molecule has 2 aliphatic heterocycles. The molecule has 0 aliphatic carbocycles. The smallest absolute Gasteiger partial charge is 0.247 e. The van der Waals surface area contributed by atoms with E-state index >= 15 is 0 Å². The molecule has 0 radical (unpaired) electrons. The standard InChI is InChI=1S/C25H31N5O3/c1-17-4-6-20(7-5-17)23-26-27-24(33-23)21-15-29(16-25(21)9-12-32-13-10-25)22(31)8-11-30-19(3)14-18(2)28-30/h4-7,14,21H,8-13,15-16H2,1-3H3. The molecule has 5 rings (SSSR count). The Hall–Kier alpha value is -3.00. The Morgan fingerprint density at radius 3 is 2.58 bits per heavy atom. The SMILES string of the molecule is Cc1ccc(-c2nnc(C3CN(C(=O)CCn4nc(C)cc4C)CC34CCOCC4)o2)cc1. The molecule has 0 saturated carbocycles. The number of likely N-dealkylation sites (tertiary alicyclic amines) is 1. The van der Waals surface area contributed by atoms with Crippen molar-refractivity contribution in [3.8, 4) is 11.5 Å². The van der Waals surface area contributed by atoms with Gasteiger partial charge < -0.3 is 14.1 Å². The molecule has 0 bridgehead atoms. The largest absolute Gasteiger partial charge is 0.420 e. The molecule has 1 unspecified atom stereocenters. The maximum Gasteiger partial charge on any atom is 0.247 e. The van der Waals surface area contributed by atoms with Crippen molar-refractivity contribution in [2.24, 2.45) is 5.41 Å². The summed E-state index contributed by atoms with van der Waals surface area (Å²) in [4.78, 5) is 15.2. The molecule has 3 aromatic rings. The number of hydrogen-bond acceptors (Lipinski definition) is 6. The molecule has 2 aliphatic rings. The molecule has 1 amide bonds. The van der Waals surface area contributed by atoms with E-state index in [4.69, 9.17) is 9.15 Å². The molecule has 2 fully saturated rings. The van der Waals surface area contributed by atoms with Gasteiger partial charge in [-0.2, -0.15) is 5.10 Å². The van der Waals surface area contributed by atoms with Gasteiger partial charge in [0.2, 0.25) is 17.7 Å². The number of aromatic nitrogens is 4. The zero-order chi connectivity index (χ0) is 23.0. The monoisotopic (exact) mass is 449 g/mol. The molecule has 1 aromatic carbocycles. The molecule has 1 spiro atoms. The molecular weight excluding hydrogens is 418 g/mol. The van der Waals surface area contributed by atoms with Gasteiger partial charge in [-0.25, -0.2) is 0 Å². The summed E-state index contributed by atoms with van der Waals surface area (Å²) in [5.41, 5.74) is 4.07. The number of benzene rings is 1. The van der Waals surface area contributed by atoms with Gasteiger partial charge in [-0.3, -0.25) is 9.48 Å². The van der Waals surface area contributed by atoms with E-state index in [0.717, 1.165) is 29.8 Å². The van der Waals surface area contributed by atoms with Crippen LogP contribution in [0.4, 0.5) is 0 Å². The van der Waals surface area contributed by atoms with Gasteiger partial charge in [0.1, 0.15) is 0 Å². The predicted molar refractivity (Wildman–Crippen MR) is 123 cm³/mol. The van der Waals surface area contributed by atoms with Crippen molar-refractivity contribution in [1.82, 2.24) is 24.9 Å². The van der Waals surface area contributed by atoms with E-state index in [1.54, 1.807) is 0 Å². The number of carbonyl (C=O) groups is 1. The highest BCUT2D eigenvalue weighted by atomic mass is 16.5. The highest BCUT2D eigenvalue weighted by Gasteiger charge is 2.51. The maximum absolute atomic E-state index is 13.2. The predicted octanol–water partition coefficient (Wildman–Crippen LogP) is 3.67. The second-order valence-corrected chi connectivity index (χ2v) is 9.51. The summed E-state index contributed by atoms with van der Waals surface area (Å²) in [6.07, 6.45) is 2.21. The van der Waals surface area contributed by atoms with Crippen molar-refractivity contribution in [3.05, 3.63) is 53.2 Å². The summed E-state index contributed by atoms with van der Waals surface area (Å²) in [7, 11) is 0. The molecule has 1 atom stereocenters. The lowest BCUT2D eigenvalue weighted by Gasteiger charge is -2.36. The van der Waals surface area contributed by atoms with E-state index in [9.17, 15) is 4.79 Å². The molecule has 2 aromatic heterocycles. The topological polar surface area (TPSA) is 86.3 Å². The van der Waals surface area contributed by atoms with Gasteiger partial charge in [0.05, 0.1) is 11.6 Å². The van der Waals surface area contributed by atoms with Crippen LogP contribution in [0.1, 0.15) is 48.0 Å². The zero-order valence-electron chi connectivity index (χ0n) is 19.6. The lowest BCUT2D eigenvalue weighted by atomic mass is 9.72. The molecule has 33 heavy (non-hydrogen) atoms. The minimum Gasteiger partial charge on any atom is -0.420 e. The van der Waals surface area contributed by atoms with Gasteiger partial charge in [-0.1, -0.05) is 17.7 Å². The Morgan fingerprint density at radius 1 is 1.12 bits per heavy atom. The Kier molecular flexibility index (Phi) is 5.78. The van der Waals surface area contributed by atoms with E-state index < -0.39 is 0 Å². The molecule has 0 N–H and O–H groups in total. The van der Waals surface area contributed by atoms with Gasteiger partial charge in [0, 0.05) is 55.9 Å². The second kappa shape index (κ2) is 8.74. The summed E-state index contributed by atoms with van der Waals surface area (Å²) < 4.78 is 13.8. The van der Waals surface area contributed by atoms with Crippen LogP contribution in [0, 0.1) is 26.2 Å². The average molecular weight is 450 g/mol. The zero-order valence-corrected chi connectivity index (χ0v) is 19.6. The van der Waals surface area contributed by atoms with Gasteiger partial charge in [-0.05, 0) is 51.8 Å². The fourth-order valence-electron chi connectivity index (χ4n) is 5.23. The van der Waals surface area contributed by atoms with E-state index in [1.165, 1.54) is 5.56 Å². The van der Waals surface area contributed by atoms with Crippen molar-refractivity contribution in [3.63, 3.8) is 0 Å². The lowest BCUT2D eigenvalue weighted by Crippen LogP contribution is -2.37. The number of hydrogen-bond donors (Lipinski definition) is 0. The van der Waals surface area contributed by atoms with Crippen LogP contribution in [0.2, 0.25) is 0 Å². The van der Waals surface area contributed by atoms with Gasteiger partial charge >= 0.3 is 0 Å². The highest BCUT2D eigenvalue weighted by molar-refractivity contribution is 5.76. The third-order valence-corrected chi connectivity index (χ3v) is 7.17. The number of rotatable bonds is 5. The molecule has 174 valence electrons. The van der Waals surface area contributed by atoms with Crippen molar-refractivity contribution in [1.29, 1.82) is 0 Å². The fourth-order valence-corrected chi connectivity index (χ4v) is 5.23. The minimum absolute atomic E-state index is 0.0192. The summed E-state index contributed by atoms with van der Waals surface area (Å²) in [6.45, 7) is 9.34. The van der Waals surface area contributed by atoms with Crippen LogP contribution in [-0.2, 0) is 16.1 Å². The van der Waals surface area contributed by atoms with Crippen LogP contribution >= 0.6 is 0 Å². The van der Waals surface area contributed by atoms with Crippen molar-refractivity contribution >= 4 is 5.91 Å². The van der Waals surface area contributed by atoms with Crippen molar-refractivity contribution in [2.45, 2.75) is 52.5 Å². The third-order valence-electron chi connectivity index (χ3n) is 7.17. The Labute approximate surface area is 193 Å². The average Bonchev–Trinajstić information content (AvgIpc) is 3.51. The van der Waals surface area contributed by atoms with Crippen LogP contribution in [0.25, 0.3) is 11.5 Å².